The Hall–Kier alpha value is -0.860. The van der Waals surface area contributed by atoms with Gasteiger partial charge < -0.3 is 10.8 Å². The molecule has 0 aliphatic rings. The van der Waals surface area contributed by atoms with E-state index in [1.54, 1.807) is 0 Å². The molecule has 1 aromatic carbocycles. The van der Waals surface area contributed by atoms with Crippen molar-refractivity contribution < 1.29 is 5.11 Å². The minimum atomic E-state index is -0.312. The standard InChI is InChI=1S/C17H29NO/c1-3-4-5-6-7-12-17(19)16(13-18)15-11-9-8-10-14(15)2/h8-11,16-17,19H,3-7,12-13,18H2,1-2H3. The number of benzene rings is 1. The fraction of sp³-hybridized carbons (Fsp3) is 0.647. The SMILES string of the molecule is CCCCCCCC(O)C(CN)c1ccccc1C. The number of aliphatic hydroxyl groups is 1. The number of aryl methyl sites for hydroxylation is 1. The first-order chi connectivity index (χ1) is 9.20. The lowest BCUT2D eigenvalue weighted by molar-refractivity contribution is 0.132. The maximum absolute atomic E-state index is 10.4. The second-order valence-electron chi connectivity index (χ2n) is 5.47. The summed E-state index contributed by atoms with van der Waals surface area (Å²) in [4.78, 5) is 0. The van der Waals surface area contributed by atoms with Gasteiger partial charge in [-0.15, -0.1) is 0 Å². The van der Waals surface area contributed by atoms with E-state index in [-0.39, 0.29) is 12.0 Å². The van der Waals surface area contributed by atoms with Gasteiger partial charge in [0.15, 0.2) is 0 Å². The van der Waals surface area contributed by atoms with Crippen LogP contribution in [0.3, 0.4) is 0 Å². The predicted molar refractivity (Wildman–Crippen MR) is 82.4 cm³/mol. The van der Waals surface area contributed by atoms with Gasteiger partial charge in [-0.1, -0.05) is 63.3 Å². The van der Waals surface area contributed by atoms with Crippen LogP contribution in [0.15, 0.2) is 24.3 Å². The zero-order valence-corrected chi connectivity index (χ0v) is 12.4. The monoisotopic (exact) mass is 263 g/mol. The second kappa shape index (κ2) is 9.11. The van der Waals surface area contributed by atoms with Gasteiger partial charge in [-0.25, -0.2) is 0 Å². The van der Waals surface area contributed by atoms with Gasteiger partial charge in [-0.2, -0.15) is 0 Å². The van der Waals surface area contributed by atoms with Crippen molar-refractivity contribution in [3.05, 3.63) is 35.4 Å². The third-order valence-electron chi connectivity index (χ3n) is 3.91. The Morgan fingerprint density at radius 3 is 2.42 bits per heavy atom. The molecule has 0 radical (unpaired) electrons. The third kappa shape index (κ3) is 5.33. The van der Waals surface area contributed by atoms with E-state index in [0.29, 0.717) is 6.54 Å². The van der Waals surface area contributed by atoms with E-state index in [1.807, 2.05) is 12.1 Å². The van der Waals surface area contributed by atoms with E-state index in [0.717, 1.165) is 12.8 Å². The summed E-state index contributed by atoms with van der Waals surface area (Å²) in [6.07, 6.45) is 6.71. The number of hydrogen-bond acceptors (Lipinski definition) is 2. The van der Waals surface area contributed by atoms with E-state index in [2.05, 4.69) is 26.0 Å². The Balaban J connectivity index is 2.48. The highest BCUT2D eigenvalue weighted by atomic mass is 16.3. The molecule has 0 aromatic heterocycles. The Morgan fingerprint density at radius 1 is 1.11 bits per heavy atom. The molecular weight excluding hydrogens is 234 g/mol. The molecule has 0 aliphatic carbocycles. The normalized spacial score (nSPS) is 14.3. The summed E-state index contributed by atoms with van der Waals surface area (Å²) >= 11 is 0. The van der Waals surface area contributed by atoms with Crippen LogP contribution in [0.1, 0.15) is 62.5 Å². The summed E-state index contributed by atoms with van der Waals surface area (Å²) in [6, 6.07) is 8.24. The fourth-order valence-electron chi connectivity index (χ4n) is 2.65. The highest BCUT2D eigenvalue weighted by Gasteiger charge is 2.20. The molecule has 1 rings (SSSR count). The molecule has 0 saturated carbocycles. The lowest BCUT2D eigenvalue weighted by Crippen LogP contribution is -2.26. The summed E-state index contributed by atoms with van der Waals surface area (Å²) in [5.74, 6) is 0.0763. The van der Waals surface area contributed by atoms with Crippen LogP contribution in [0.5, 0.6) is 0 Å². The third-order valence-corrected chi connectivity index (χ3v) is 3.91. The van der Waals surface area contributed by atoms with Crippen LogP contribution in [-0.4, -0.2) is 17.8 Å². The van der Waals surface area contributed by atoms with Crippen LogP contribution >= 0.6 is 0 Å². The van der Waals surface area contributed by atoms with Crippen LogP contribution in [0.2, 0.25) is 0 Å². The number of aliphatic hydroxyl groups excluding tert-OH is 1. The summed E-state index contributed by atoms with van der Waals surface area (Å²) in [7, 11) is 0. The van der Waals surface area contributed by atoms with Gasteiger partial charge in [0.25, 0.3) is 0 Å². The molecule has 0 bridgehead atoms. The van der Waals surface area contributed by atoms with Gasteiger partial charge in [0, 0.05) is 12.5 Å². The summed E-state index contributed by atoms with van der Waals surface area (Å²) in [5.41, 5.74) is 8.29. The number of rotatable bonds is 9. The average Bonchev–Trinajstić information content (AvgIpc) is 2.41. The van der Waals surface area contributed by atoms with Crippen molar-refractivity contribution in [1.29, 1.82) is 0 Å². The van der Waals surface area contributed by atoms with Crippen molar-refractivity contribution in [1.82, 2.24) is 0 Å². The maximum Gasteiger partial charge on any atom is 0.0621 e. The molecule has 19 heavy (non-hydrogen) atoms. The highest BCUT2D eigenvalue weighted by Crippen LogP contribution is 2.25. The molecule has 0 fully saturated rings. The number of nitrogens with two attached hydrogens (primary N) is 1. The topological polar surface area (TPSA) is 46.2 Å². The fourth-order valence-corrected chi connectivity index (χ4v) is 2.65. The van der Waals surface area contributed by atoms with E-state index >= 15 is 0 Å². The van der Waals surface area contributed by atoms with Crippen molar-refractivity contribution in [2.24, 2.45) is 5.73 Å². The van der Waals surface area contributed by atoms with E-state index in [1.165, 1.54) is 36.8 Å². The first-order valence-electron chi connectivity index (χ1n) is 7.64. The molecule has 2 nitrogen and oxygen atoms in total. The zero-order valence-electron chi connectivity index (χ0n) is 12.4. The molecule has 0 aliphatic heterocycles. The van der Waals surface area contributed by atoms with Gasteiger partial charge >= 0.3 is 0 Å². The lowest BCUT2D eigenvalue weighted by Gasteiger charge is -2.23. The van der Waals surface area contributed by atoms with Gasteiger partial charge in [-0.05, 0) is 24.5 Å². The van der Waals surface area contributed by atoms with Gasteiger partial charge in [0.1, 0.15) is 0 Å². The molecule has 1 aromatic rings. The van der Waals surface area contributed by atoms with Crippen LogP contribution in [0.25, 0.3) is 0 Å². The van der Waals surface area contributed by atoms with Crippen molar-refractivity contribution in [2.75, 3.05) is 6.54 Å². The minimum absolute atomic E-state index is 0.0763. The Kier molecular flexibility index (Phi) is 7.76. The maximum atomic E-state index is 10.4. The van der Waals surface area contributed by atoms with Crippen molar-refractivity contribution in [3.8, 4) is 0 Å². The molecule has 0 amide bonds. The Labute approximate surface area is 118 Å². The van der Waals surface area contributed by atoms with Crippen LogP contribution in [0.4, 0.5) is 0 Å². The molecule has 2 heteroatoms. The molecule has 0 heterocycles. The molecule has 2 atom stereocenters. The first kappa shape index (κ1) is 16.2. The largest absolute Gasteiger partial charge is 0.392 e. The smallest absolute Gasteiger partial charge is 0.0621 e. The van der Waals surface area contributed by atoms with Gasteiger partial charge in [0.05, 0.1) is 6.10 Å². The van der Waals surface area contributed by atoms with Crippen molar-refractivity contribution in [3.63, 3.8) is 0 Å². The van der Waals surface area contributed by atoms with Crippen molar-refractivity contribution >= 4 is 0 Å². The molecule has 2 unspecified atom stereocenters. The van der Waals surface area contributed by atoms with Gasteiger partial charge in [-0.3, -0.25) is 0 Å². The van der Waals surface area contributed by atoms with Crippen LogP contribution < -0.4 is 5.73 Å². The minimum Gasteiger partial charge on any atom is -0.392 e. The zero-order chi connectivity index (χ0) is 14.1. The van der Waals surface area contributed by atoms with E-state index in [4.69, 9.17) is 5.73 Å². The molecule has 0 spiro atoms. The molecule has 3 N–H and O–H groups in total. The summed E-state index contributed by atoms with van der Waals surface area (Å²) in [6.45, 7) is 4.82. The molecule has 108 valence electrons. The highest BCUT2D eigenvalue weighted by molar-refractivity contribution is 5.30. The predicted octanol–water partition coefficient (Wildman–Crippen LogP) is 3.76. The van der Waals surface area contributed by atoms with Crippen LogP contribution in [-0.2, 0) is 0 Å². The summed E-state index contributed by atoms with van der Waals surface area (Å²) in [5, 5.41) is 10.4. The van der Waals surface area contributed by atoms with E-state index < -0.39 is 0 Å². The van der Waals surface area contributed by atoms with Gasteiger partial charge in [0.2, 0.25) is 0 Å². The Bertz CT molecular complexity index is 351. The quantitative estimate of drug-likeness (QED) is 0.666. The second-order valence-corrected chi connectivity index (χ2v) is 5.47. The Morgan fingerprint density at radius 2 is 1.79 bits per heavy atom. The first-order valence-corrected chi connectivity index (χ1v) is 7.64. The summed E-state index contributed by atoms with van der Waals surface area (Å²) < 4.78 is 0. The number of unbranched alkanes of at least 4 members (excludes halogenated alkanes) is 4. The van der Waals surface area contributed by atoms with E-state index in [9.17, 15) is 5.11 Å². The lowest BCUT2D eigenvalue weighted by atomic mass is 9.88. The molecule has 0 saturated heterocycles. The van der Waals surface area contributed by atoms with Crippen molar-refractivity contribution in [2.45, 2.75) is 64.4 Å². The average molecular weight is 263 g/mol. The molecular formula is C17H29NO. The number of hydrogen-bond donors (Lipinski definition) is 2. The van der Waals surface area contributed by atoms with Crippen LogP contribution in [0, 0.1) is 6.92 Å².